The highest BCUT2D eigenvalue weighted by molar-refractivity contribution is 6.01. The van der Waals surface area contributed by atoms with Crippen LogP contribution < -0.4 is 5.32 Å². The molecule has 0 heterocycles. The third kappa shape index (κ3) is 4.50. The Kier molecular flexibility index (Phi) is 6.11. The molecule has 0 unspecified atom stereocenters. The zero-order valence-electron chi connectivity index (χ0n) is 20.7. The number of nitrogens with one attached hydrogen (secondary N) is 1. The van der Waals surface area contributed by atoms with Gasteiger partial charge in [-0.25, -0.2) is 4.79 Å². The van der Waals surface area contributed by atoms with Gasteiger partial charge < -0.3 is 10.4 Å². The maximum atomic E-state index is 13.2. The van der Waals surface area contributed by atoms with E-state index in [-0.39, 0.29) is 22.3 Å². The molecule has 176 valence electrons. The summed E-state index contributed by atoms with van der Waals surface area (Å²) >= 11 is 0. The lowest BCUT2D eigenvalue weighted by Crippen LogP contribution is -2.34. The molecule has 3 aromatic rings. The topological polar surface area (TPSA) is 66.4 Å². The van der Waals surface area contributed by atoms with Gasteiger partial charge >= 0.3 is 5.97 Å². The molecule has 2 N–H and O–H groups in total. The van der Waals surface area contributed by atoms with Crippen molar-refractivity contribution < 1.29 is 14.7 Å². The minimum Gasteiger partial charge on any atom is -0.478 e. The van der Waals surface area contributed by atoms with Gasteiger partial charge in [0, 0.05) is 12.1 Å². The fraction of sp³-hybridized carbons (Fsp3) is 0.333. The summed E-state index contributed by atoms with van der Waals surface area (Å²) in [6.07, 6.45) is 2.30. The van der Waals surface area contributed by atoms with Crippen molar-refractivity contribution >= 4 is 11.9 Å². The number of aromatic carboxylic acids is 1. The minimum absolute atomic E-state index is 0.0899. The second kappa shape index (κ2) is 8.75. The number of carboxylic acid groups (broad SMARTS) is 1. The molecule has 3 aromatic carbocycles. The minimum atomic E-state index is -0.962. The first kappa shape index (κ1) is 23.7. The molecule has 34 heavy (non-hydrogen) atoms. The molecule has 1 aliphatic rings. The van der Waals surface area contributed by atoms with Crippen LogP contribution in [0.15, 0.2) is 60.7 Å². The van der Waals surface area contributed by atoms with E-state index in [4.69, 9.17) is 5.11 Å². The van der Waals surface area contributed by atoms with Crippen molar-refractivity contribution in [2.45, 2.75) is 64.8 Å². The van der Waals surface area contributed by atoms with Crippen molar-refractivity contribution in [1.29, 1.82) is 0 Å². The normalized spacial score (nSPS) is 15.9. The summed E-state index contributed by atoms with van der Waals surface area (Å²) in [5.74, 6) is -1.11. The van der Waals surface area contributed by atoms with Crippen LogP contribution in [-0.2, 0) is 17.4 Å². The number of aryl methyl sites for hydroxylation is 1. The molecule has 0 atom stereocenters. The van der Waals surface area contributed by atoms with Crippen LogP contribution in [0.25, 0.3) is 11.1 Å². The van der Waals surface area contributed by atoms with Crippen LogP contribution in [0.1, 0.15) is 83.5 Å². The Morgan fingerprint density at radius 3 is 2.06 bits per heavy atom. The Balaban J connectivity index is 1.66. The van der Waals surface area contributed by atoms with Crippen molar-refractivity contribution in [1.82, 2.24) is 5.32 Å². The Hall–Kier alpha value is -3.40. The molecule has 0 radical (unpaired) electrons. The zero-order chi connectivity index (χ0) is 24.7. The molecule has 0 saturated heterocycles. The lowest BCUT2D eigenvalue weighted by atomic mass is 9.62. The Bertz CT molecular complexity index is 1250. The number of carboxylic acids is 1. The molecule has 0 bridgehead atoms. The molecule has 0 fully saturated rings. The van der Waals surface area contributed by atoms with E-state index in [2.05, 4.69) is 52.1 Å². The molecular weight excluding hydrogens is 422 g/mol. The van der Waals surface area contributed by atoms with Gasteiger partial charge in [0.25, 0.3) is 5.91 Å². The molecule has 1 amide bonds. The van der Waals surface area contributed by atoms with Crippen molar-refractivity contribution in [2.24, 2.45) is 0 Å². The van der Waals surface area contributed by atoms with E-state index >= 15 is 0 Å². The standard InChI is InChI=1S/C30H33NO3/c1-19-16-25-26(30(4,5)15-14-29(25,2)3)17-24(19)22-8-6-7-9-23(22)27(32)31-18-20-10-12-21(13-11-20)28(33)34/h6-13,16-17H,14-15,18H2,1-5H3,(H,31,32)(H,33,34). The van der Waals surface area contributed by atoms with Gasteiger partial charge in [0.15, 0.2) is 0 Å². The van der Waals surface area contributed by atoms with E-state index < -0.39 is 5.97 Å². The summed E-state index contributed by atoms with van der Waals surface area (Å²) in [5, 5.41) is 12.1. The fourth-order valence-corrected chi connectivity index (χ4v) is 4.97. The first-order valence-electron chi connectivity index (χ1n) is 11.8. The fourth-order valence-electron chi connectivity index (χ4n) is 4.97. The maximum absolute atomic E-state index is 13.2. The Labute approximate surface area is 202 Å². The predicted molar refractivity (Wildman–Crippen MR) is 136 cm³/mol. The lowest BCUT2D eigenvalue weighted by molar-refractivity contribution is 0.0696. The molecule has 4 nitrogen and oxygen atoms in total. The highest BCUT2D eigenvalue weighted by Crippen LogP contribution is 2.47. The number of amides is 1. The second-order valence-electron chi connectivity index (χ2n) is 10.7. The SMILES string of the molecule is Cc1cc2c(cc1-c1ccccc1C(=O)NCc1ccc(C(=O)O)cc1)C(C)(C)CCC2(C)C. The summed E-state index contributed by atoms with van der Waals surface area (Å²) in [6, 6.07) is 19.0. The predicted octanol–water partition coefficient (Wildman–Crippen LogP) is 6.64. The van der Waals surface area contributed by atoms with E-state index in [0.29, 0.717) is 12.1 Å². The van der Waals surface area contributed by atoms with E-state index in [9.17, 15) is 9.59 Å². The summed E-state index contributed by atoms with van der Waals surface area (Å²) in [5.41, 5.74) is 7.94. The summed E-state index contributed by atoms with van der Waals surface area (Å²) in [7, 11) is 0. The monoisotopic (exact) mass is 455 g/mol. The third-order valence-corrected chi connectivity index (χ3v) is 7.31. The maximum Gasteiger partial charge on any atom is 0.335 e. The van der Waals surface area contributed by atoms with Gasteiger partial charge in [0.05, 0.1) is 5.56 Å². The van der Waals surface area contributed by atoms with Crippen LogP contribution in [0.3, 0.4) is 0 Å². The van der Waals surface area contributed by atoms with Crippen LogP contribution in [0.2, 0.25) is 0 Å². The molecular formula is C30H33NO3. The van der Waals surface area contributed by atoms with Crippen LogP contribution in [0, 0.1) is 6.92 Å². The number of carbonyl (C=O) groups excluding carboxylic acids is 1. The van der Waals surface area contributed by atoms with Gasteiger partial charge in [-0.05, 0) is 82.2 Å². The van der Waals surface area contributed by atoms with E-state index in [0.717, 1.165) is 29.5 Å². The van der Waals surface area contributed by atoms with Gasteiger partial charge in [-0.1, -0.05) is 70.2 Å². The molecule has 4 rings (SSSR count). The average Bonchev–Trinajstić information content (AvgIpc) is 2.80. The summed E-state index contributed by atoms with van der Waals surface area (Å²) in [4.78, 5) is 24.3. The van der Waals surface area contributed by atoms with Crippen molar-refractivity contribution in [2.75, 3.05) is 0 Å². The summed E-state index contributed by atoms with van der Waals surface area (Å²) in [6.45, 7) is 11.7. The number of hydrogen-bond donors (Lipinski definition) is 2. The van der Waals surface area contributed by atoms with Crippen molar-refractivity contribution in [3.8, 4) is 11.1 Å². The Morgan fingerprint density at radius 1 is 0.853 bits per heavy atom. The number of benzene rings is 3. The molecule has 0 spiro atoms. The Morgan fingerprint density at radius 2 is 1.44 bits per heavy atom. The highest BCUT2D eigenvalue weighted by atomic mass is 16.4. The number of carbonyl (C=O) groups is 2. The first-order chi connectivity index (χ1) is 16.0. The number of rotatable bonds is 5. The van der Waals surface area contributed by atoms with E-state index in [1.165, 1.54) is 16.7 Å². The van der Waals surface area contributed by atoms with Crippen molar-refractivity contribution in [3.05, 3.63) is 94.0 Å². The lowest BCUT2D eigenvalue weighted by Gasteiger charge is -2.42. The van der Waals surface area contributed by atoms with E-state index in [1.807, 2.05) is 24.3 Å². The number of fused-ring (bicyclic) bond motifs is 1. The van der Waals surface area contributed by atoms with Gasteiger partial charge in [0.1, 0.15) is 0 Å². The second-order valence-corrected chi connectivity index (χ2v) is 10.7. The third-order valence-electron chi connectivity index (χ3n) is 7.31. The van der Waals surface area contributed by atoms with E-state index in [1.54, 1.807) is 24.3 Å². The van der Waals surface area contributed by atoms with Crippen LogP contribution in [0.5, 0.6) is 0 Å². The van der Waals surface area contributed by atoms with Gasteiger partial charge in [-0.2, -0.15) is 0 Å². The van der Waals surface area contributed by atoms with Crippen LogP contribution in [-0.4, -0.2) is 17.0 Å². The highest BCUT2D eigenvalue weighted by Gasteiger charge is 2.37. The van der Waals surface area contributed by atoms with Crippen molar-refractivity contribution in [3.63, 3.8) is 0 Å². The van der Waals surface area contributed by atoms with Crippen LogP contribution in [0.4, 0.5) is 0 Å². The van der Waals surface area contributed by atoms with Gasteiger partial charge in [0.2, 0.25) is 0 Å². The summed E-state index contributed by atoms with van der Waals surface area (Å²) < 4.78 is 0. The molecule has 1 aliphatic carbocycles. The molecule has 4 heteroatoms. The smallest absolute Gasteiger partial charge is 0.335 e. The first-order valence-corrected chi connectivity index (χ1v) is 11.8. The molecule has 0 aliphatic heterocycles. The largest absolute Gasteiger partial charge is 0.478 e. The molecule has 0 aromatic heterocycles. The quantitative estimate of drug-likeness (QED) is 0.453. The van der Waals surface area contributed by atoms with Gasteiger partial charge in [-0.15, -0.1) is 0 Å². The average molecular weight is 456 g/mol. The molecule has 0 saturated carbocycles. The van der Waals surface area contributed by atoms with Crippen LogP contribution >= 0.6 is 0 Å². The van der Waals surface area contributed by atoms with Gasteiger partial charge in [-0.3, -0.25) is 4.79 Å². The zero-order valence-corrected chi connectivity index (χ0v) is 20.7. The number of hydrogen-bond acceptors (Lipinski definition) is 2.